The predicted octanol–water partition coefficient (Wildman–Crippen LogP) is 6.38. The molecule has 0 amide bonds. The molecule has 3 heterocycles. The van der Waals surface area contributed by atoms with Crippen LogP contribution in [0.5, 0.6) is 0 Å². The van der Waals surface area contributed by atoms with E-state index in [1.165, 1.54) is 55.5 Å². The first-order chi connectivity index (χ1) is 16.4. The molecular weight excluding hydrogens is 441 g/mol. The third kappa shape index (κ3) is 5.16. The molecule has 3 aromatic rings. The standard InChI is InChI=1S/C29H36FN3S/c1-22(33-13-5-4-6-14-33)26-20-29(31-28-12-11-25(30)19-27(26)28)24-9-7-23(8-10-24)21-32-15-17-34(2,3)18-16-32/h7-12,19-20H,1,4-6,13-18,21H2,2-3H3. The minimum absolute atomic E-state index is 0.234. The minimum Gasteiger partial charge on any atom is -0.372 e. The van der Waals surface area contributed by atoms with E-state index in [0.717, 1.165) is 53.1 Å². The van der Waals surface area contributed by atoms with E-state index in [1.54, 1.807) is 12.1 Å². The van der Waals surface area contributed by atoms with Crippen molar-refractivity contribution in [3.05, 3.63) is 72.1 Å². The maximum absolute atomic E-state index is 14.2. The summed E-state index contributed by atoms with van der Waals surface area (Å²) in [6.07, 6.45) is 8.54. The molecule has 5 rings (SSSR count). The molecular formula is C29H36FN3S. The van der Waals surface area contributed by atoms with E-state index in [9.17, 15) is 4.39 Å². The average Bonchev–Trinajstić information content (AvgIpc) is 2.85. The lowest BCUT2D eigenvalue weighted by molar-refractivity contribution is 0.293. The molecule has 2 saturated heterocycles. The third-order valence-corrected chi connectivity index (χ3v) is 9.97. The first-order valence-electron chi connectivity index (χ1n) is 12.4. The van der Waals surface area contributed by atoms with Gasteiger partial charge in [-0.1, -0.05) is 30.8 Å². The zero-order valence-corrected chi connectivity index (χ0v) is 21.3. The Morgan fingerprint density at radius 3 is 2.35 bits per heavy atom. The minimum atomic E-state index is -0.375. The van der Waals surface area contributed by atoms with Gasteiger partial charge in [-0.2, -0.15) is 0 Å². The molecule has 2 aliphatic rings. The van der Waals surface area contributed by atoms with E-state index in [1.807, 2.05) is 0 Å². The summed E-state index contributed by atoms with van der Waals surface area (Å²) in [5, 5.41) is 0.839. The molecule has 0 aliphatic carbocycles. The van der Waals surface area contributed by atoms with Gasteiger partial charge in [-0.3, -0.25) is 4.90 Å². The van der Waals surface area contributed by atoms with Crippen molar-refractivity contribution in [2.45, 2.75) is 25.8 Å². The van der Waals surface area contributed by atoms with Crippen LogP contribution in [0.25, 0.3) is 27.9 Å². The highest BCUT2D eigenvalue weighted by atomic mass is 32.3. The number of halogens is 1. The summed E-state index contributed by atoms with van der Waals surface area (Å²) >= 11 is 0. The molecule has 1 aromatic heterocycles. The molecule has 0 atom stereocenters. The fourth-order valence-corrected chi connectivity index (χ4v) is 6.79. The van der Waals surface area contributed by atoms with Gasteiger partial charge in [0.25, 0.3) is 0 Å². The van der Waals surface area contributed by atoms with Crippen LogP contribution in [0, 0.1) is 5.82 Å². The van der Waals surface area contributed by atoms with Gasteiger partial charge in [0.2, 0.25) is 0 Å². The first kappa shape index (κ1) is 23.4. The molecule has 3 nitrogen and oxygen atoms in total. The van der Waals surface area contributed by atoms with E-state index in [4.69, 9.17) is 4.98 Å². The van der Waals surface area contributed by atoms with Crippen molar-refractivity contribution in [3.63, 3.8) is 0 Å². The summed E-state index contributed by atoms with van der Waals surface area (Å²) in [5.74, 6) is 2.45. The summed E-state index contributed by atoms with van der Waals surface area (Å²) in [6.45, 7) is 9.86. The number of benzene rings is 2. The van der Waals surface area contributed by atoms with E-state index in [-0.39, 0.29) is 15.8 Å². The number of hydrogen-bond acceptors (Lipinski definition) is 3. The molecule has 0 saturated carbocycles. The lowest BCUT2D eigenvalue weighted by atomic mass is 9.99. The van der Waals surface area contributed by atoms with E-state index >= 15 is 0 Å². The van der Waals surface area contributed by atoms with Crippen LogP contribution in [0.15, 0.2) is 55.1 Å². The Labute approximate surface area is 205 Å². The van der Waals surface area contributed by atoms with Crippen LogP contribution in [0.2, 0.25) is 0 Å². The van der Waals surface area contributed by atoms with Gasteiger partial charge in [0.1, 0.15) is 5.82 Å². The van der Waals surface area contributed by atoms with Gasteiger partial charge in [0.15, 0.2) is 0 Å². The van der Waals surface area contributed by atoms with Crippen molar-refractivity contribution >= 4 is 26.6 Å². The fourth-order valence-electron chi connectivity index (χ4n) is 5.08. The number of pyridine rings is 1. The number of rotatable bonds is 5. The van der Waals surface area contributed by atoms with Crippen LogP contribution < -0.4 is 0 Å². The average molecular weight is 478 g/mol. The summed E-state index contributed by atoms with van der Waals surface area (Å²) in [6, 6.07) is 15.8. The number of hydrogen-bond donors (Lipinski definition) is 0. The molecule has 2 aromatic carbocycles. The second kappa shape index (κ2) is 9.71. The lowest BCUT2D eigenvalue weighted by Gasteiger charge is -2.41. The Kier molecular flexibility index (Phi) is 6.67. The predicted molar refractivity (Wildman–Crippen MR) is 146 cm³/mol. The van der Waals surface area contributed by atoms with Crippen LogP contribution in [-0.2, 0) is 6.54 Å². The summed E-state index contributed by atoms with van der Waals surface area (Å²) in [4.78, 5) is 9.83. The Hall–Kier alpha value is -2.37. The zero-order chi connectivity index (χ0) is 23.7. The Bertz CT molecular complexity index is 1170. The maximum Gasteiger partial charge on any atom is 0.123 e. The van der Waals surface area contributed by atoms with Gasteiger partial charge in [-0.05, 0) is 73.1 Å². The van der Waals surface area contributed by atoms with E-state index in [0.29, 0.717) is 0 Å². The van der Waals surface area contributed by atoms with Crippen LogP contribution in [0.4, 0.5) is 4.39 Å². The highest BCUT2D eigenvalue weighted by molar-refractivity contribution is 8.32. The molecule has 180 valence electrons. The quantitative estimate of drug-likeness (QED) is 0.425. The van der Waals surface area contributed by atoms with Gasteiger partial charge in [-0.25, -0.2) is 19.4 Å². The number of aromatic nitrogens is 1. The molecule has 2 fully saturated rings. The molecule has 0 bridgehead atoms. The number of nitrogens with zero attached hydrogens (tertiary/aromatic N) is 3. The topological polar surface area (TPSA) is 19.4 Å². The third-order valence-electron chi connectivity index (χ3n) is 7.40. The first-order valence-corrected chi connectivity index (χ1v) is 15.2. The summed E-state index contributed by atoms with van der Waals surface area (Å²) < 4.78 is 14.2. The smallest absolute Gasteiger partial charge is 0.123 e. The molecule has 5 heteroatoms. The Balaban J connectivity index is 1.42. The molecule has 2 aliphatic heterocycles. The van der Waals surface area contributed by atoms with E-state index < -0.39 is 0 Å². The van der Waals surface area contributed by atoms with Crippen LogP contribution in [-0.4, -0.2) is 65.0 Å². The Morgan fingerprint density at radius 2 is 1.65 bits per heavy atom. The lowest BCUT2D eigenvalue weighted by Crippen LogP contribution is -2.37. The van der Waals surface area contributed by atoms with Gasteiger partial charge >= 0.3 is 0 Å². The maximum atomic E-state index is 14.2. The molecule has 0 spiro atoms. The van der Waals surface area contributed by atoms with Gasteiger partial charge in [0.05, 0.1) is 11.2 Å². The van der Waals surface area contributed by atoms with Crippen LogP contribution in [0.3, 0.4) is 0 Å². The second-order valence-electron chi connectivity index (χ2n) is 10.4. The second-order valence-corrected chi connectivity index (χ2v) is 14.7. The zero-order valence-electron chi connectivity index (χ0n) is 20.5. The van der Waals surface area contributed by atoms with Gasteiger partial charge in [-0.15, -0.1) is 0 Å². The molecule has 0 N–H and O–H groups in total. The van der Waals surface area contributed by atoms with Gasteiger partial charge < -0.3 is 4.90 Å². The number of fused-ring (bicyclic) bond motifs is 1. The highest BCUT2D eigenvalue weighted by Gasteiger charge is 2.21. The van der Waals surface area contributed by atoms with Crippen molar-refractivity contribution < 1.29 is 4.39 Å². The van der Waals surface area contributed by atoms with Gasteiger partial charge in [0, 0.05) is 54.9 Å². The molecule has 0 unspecified atom stereocenters. The van der Waals surface area contributed by atoms with E-state index in [2.05, 4.69) is 59.2 Å². The van der Waals surface area contributed by atoms with Crippen molar-refractivity contribution in [1.29, 1.82) is 0 Å². The number of likely N-dealkylation sites (tertiary alicyclic amines) is 1. The van der Waals surface area contributed by atoms with Crippen molar-refractivity contribution in [3.8, 4) is 11.3 Å². The van der Waals surface area contributed by atoms with Crippen molar-refractivity contribution in [2.24, 2.45) is 0 Å². The van der Waals surface area contributed by atoms with Crippen LogP contribution in [0.1, 0.15) is 30.4 Å². The summed E-state index contributed by atoms with van der Waals surface area (Å²) in [5.41, 5.74) is 6.14. The highest BCUT2D eigenvalue weighted by Crippen LogP contribution is 2.41. The normalized spacial score (nSPS) is 19.8. The SMILES string of the molecule is C=C(c1cc(-c2ccc(CN3CCS(C)(C)CC3)cc2)nc2ccc(F)cc12)N1CCCCC1. The van der Waals surface area contributed by atoms with Crippen molar-refractivity contribution in [1.82, 2.24) is 14.8 Å². The number of piperidine rings is 1. The molecule has 0 radical (unpaired) electrons. The summed E-state index contributed by atoms with van der Waals surface area (Å²) in [7, 11) is -0.375. The monoisotopic (exact) mass is 477 g/mol. The van der Waals surface area contributed by atoms with Crippen molar-refractivity contribution in [2.75, 3.05) is 50.2 Å². The molecule has 34 heavy (non-hydrogen) atoms. The largest absolute Gasteiger partial charge is 0.372 e. The van der Waals surface area contributed by atoms with Crippen LogP contribution >= 0.6 is 10.0 Å². The fraction of sp³-hybridized carbons (Fsp3) is 0.414. The Morgan fingerprint density at radius 1 is 0.941 bits per heavy atom.